The Bertz CT molecular complexity index is 720. The van der Waals surface area contributed by atoms with Crippen molar-refractivity contribution in [2.24, 2.45) is 0 Å². The molecule has 196 valence electrons. The minimum atomic E-state index is 0.509. The molecule has 0 spiro atoms. The molecule has 0 heterocycles. The molecular formula is C33H52O2. The lowest BCUT2D eigenvalue weighted by Gasteiger charge is -2.07. The summed E-state index contributed by atoms with van der Waals surface area (Å²) in [6.07, 6.45) is 22.4. The highest BCUT2D eigenvalue weighted by atomic mass is 17.2. The van der Waals surface area contributed by atoms with Crippen LogP contribution in [0.1, 0.15) is 126 Å². The molecule has 0 aliphatic carbocycles. The van der Waals surface area contributed by atoms with Crippen LogP contribution in [0.15, 0.2) is 48.5 Å². The summed E-state index contributed by atoms with van der Waals surface area (Å²) in [5.74, 6) is 0. The molecule has 0 amide bonds. The Balaban J connectivity index is 1.48. The van der Waals surface area contributed by atoms with Crippen LogP contribution in [-0.2, 0) is 35.6 Å². The van der Waals surface area contributed by atoms with Crippen LogP contribution in [0.4, 0.5) is 0 Å². The van der Waals surface area contributed by atoms with Crippen molar-refractivity contribution in [2.75, 3.05) is 6.61 Å². The first kappa shape index (κ1) is 29.6. The number of aryl methyl sites for hydroxylation is 2. The number of hydrogen-bond acceptors (Lipinski definition) is 2. The van der Waals surface area contributed by atoms with Crippen LogP contribution in [0.3, 0.4) is 0 Å². The molecule has 0 atom stereocenters. The summed E-state index contributed by atoms with van der Waals surface area (Å²) in [4.78, 5) is 10.9. The first-order valence-corrected chi connectivity index (χ1v) is 14.7. The third-order valence-electron chi connectivity index (χ3n) is 6.97. The van der Waals surface area contributed by atoms with Gasteiger partial charge in [0.25, 0.3) is 0 Å². The molecule has 2 nitrogen and oxygen atoms in total. The van der Waals surface area contributed by atoms with Crippen molar-refractivity contribution in [1.82, 2.24) is 0 Å². The highest BCUT2D eigenvalue weighted by Gasteiger charge is 2.00. The minimum absolute atomic E-state index is 0.509. The third-order valence-corrected chi connectivity index (χ3v) is 6.97. The zero-order valence-electron chi connectivity index (χ0n) is 22.9. The zero-order valence-corrected chi connectivity index (χ0v) is 22.9. The predicted octanol–water partition coefficient (Wildman–Crippen LogP) is 9.96. The van der Waals surface area contributed by atoms with Gasteiger partial charge in [0.05, 0.1) is 6.61 Å². The summed E-state index contributed by atoms with van der Waals surface area (Å²) < 4.78 is 0. The van der Waals surface area contributed by atoms with E-state index in [0.29, 0.717) is 13.2 Å². The third kappa shape index (κ3) is 15.2. The molecule has 0 bridgehead atoms. The van der Waals surface area contributed by atoms with Crippen molar-refractivity contribution >= 4 is 0 Å². The number of benzene rings is 2. The van der Waals surface area contributed by atoms with E-state index in [1.54, 1.807) is 0 Å². The molecule has 2 rings (SSSR count). The molecule has 2 aromatic carbocycles. The molecule has 0 aliphatic heterocycles. The summed E-state index contributed by atoms with van der Waals surface area (Å²) in [7, 11) is 0. The van der Waals surface area contributed by atoms with E-state index in [-0.39, 0.29) is 0 Å². The molecule has 35 heavy (non-hydrogen) atoms. The maximum absolute atomic E-state index is 5.45. The van der Waals surface area contributed by atoms with Gasteiger partial charge in [-0.3, -0.25) is 0 Å². The van der Waals surface area contributed by atoms with Crippen LogP contribution in [0.2, 0.25) is 0 Å². The van der Waals surface area contributed by atoms with Gasteiger partial charge in [-0.25, -0.2) is 9.78 Å². The fourth-order valence-electron chi connectivity index (χ4n) is 4.58. The molecule has 0 radical (unpaired) electrons. The maximum atomic E-state index is 5.45. The lowest BCUT2D eigenvalue weighted by molar-refractivity contribution is -0.303. The fourth-order valence-corrected chi connectivity index (χ4v) is 4.58. The second kappa shape index (κ2) is 20.5. The molecule has 0 N–H and O–H groups in total. The van der Waals surface area contributed by atoms with Gasteiger partial charge >= 0.3 is 0 Å². The molecule has 0 unspecified atom stereocenters. The largest absolute Gasteiger partial charge is 0.236 e. The first-order chi connectivity index (χ1) is 17.3. The van der Waals surface area contributed by atoms with Gasteiger partial charge in [-0.05, 0) is 54.4 Å². The molecule has 2 aromatic rings. The minimum Gasteiger partial charge on any atom is -0.236 e. The topological polar surface area (TPSA) is 18.5 Å². The Labute approximate surface area is 216 Å². The van der Waals surface area contributed by atoms with Crippen LogP contribution in [0, 0.1) is 0 Å². The van der Waals surface area contributed by atoms with Crippen molar-refractivity contribution in [3.63, 3.8) is 0 Å². The smallest absolute Gasteiger partial charge is 0.107 e. The van der Waals surface area contributed by atoms with E-state index < -0.39 is 0 Å². The van der Waals surface area contributed by atoms with Crippen LogP contribution in [-0.4, -0.2) is 6.61 Å². The predicted molar refractivity (Wildman–Crippen MR) is 151 cm³/mol. The van der Waals surface area contributed by atoms with E-state index in [2.05, 4.69) is 62.4 Å². The van der Waals surface area contributed by atoms with Gasteiger partial charge in [0.1, 0.15) is 6.61 Å². The number of unbranched alkanes of at least 4 members (excludes halogenated alkanes) is 12. The summed E-state index contributed by atoms with van der Waals surface area (Å²) in [5, 5.41) is 0. The van der Waals surface area contributed by atoms with Gasteiger partial charge in [-0.1, -0.05) is 139 Å². The van der Waals surface area contributed by atoms with Crippen molar-refractivity contribution < 1.29 is 9.78 Å². The van der Waals surface area contributed by atoms with Crippen molar-refractivity contribution in [1.29, 1.82) is 0 Å². The summed E-state index contributed by atoms with van der Waals surface area (Å²) in [6, 6.07) is 17.9. The van der Waals surface area contributed by atoms with Crippen LogP contribution < -0.4 is 0 Å². The average molecular weight is 481 g/mol. The zero-order chi connectivity index (χ0) is 24.8. The summed E-state index contributed by atoms with van der Waals surface area (Å²) in [5.41, 5.74) is 5.36. The van der Waals surface area contributed by atoms with Gasteiger partial charge in [0, 0.05) is 0 Å². The lowest BCUT2D eigenvalue weighted by atomic mass is 10.0. The summed E-state index contributed by atoms with van der Waals surface area (Å²) >= 11 is 0. The molecule has 0 aromatic heterocycles. The van der Waals surface area contributed by atoms with Crippen molar-refractivity contribution in [3.8, 4) is 0 Å². The van der Waals surface area contributed by atoms with E-state index >= 15 is 0 Å². The summed E-state index contributed by atoms with van der Waals surface area (Å²) in [6.45, 7) is 5.65. The van der Waals surface area contributed by atoms with Gasteiger partial charge in [0.15, 0.2) is 0 Å². The Hall–Kier alpha value is -1.64. The van der Waals surface area contributed by atoms with Gasteiger partial charge < -0.3 is 0 Å². The Morgan fingerprint density at radius 3 is 1.23 bits per heavy atom. The highest BCUT2D eigenvalue weighted by Crippen LogP contribution is 2.14. The van der Waals surface area contributed by atoms with E-state index in [0.717, 1.165) is 6.42 Å². The van der Waals surface area contributed by atoms with Crippen LogP contribution in [0.5, 0.6) is 0 Å². The average Bonchev–Trinajstić information content (AvgIpc) is 2.89. The van der Waals surface area contributed by atoms with Crippen molar-refractivity contribution in [3.05, 3.63) is 70.8 Å². The lowest BCUT2D eigenvalue weighted by Crippen LogP contribution is -2.01. The van der Waals surface area contributed by atoms with Gasteiger partial charge in [-0.2, -0.15) is 0 Å². The molecule has 0 fully saturated rings. The second-order valence-electron chi connectivity index (χ2n) is 10.2. The number of rotatable bonds is 22. The maximum Gasteiger partial charge on any atom is 0.107 e. The van der Waals surface area contributed by atoms with Crippen molar-refractivity contribution in [2.45, 2.75) is 130 Å². The number of hydrogen-bond donors (Lipinski definition) is 0. The quantitative estimate of drug-likeness (QED) is 0.0948. The van der Waals surface area contributed by atoms with E-state index in [9.17, 15) is 0 Å². The van der Waals surface area contributed by atoms with E-state index in [4.69, 9.17) is 9.78 Å². The standard InChI is InChI=1S/C33H52O2/c1-3-5-7-9-11-12-14-16-18-31-23-25-33(26-24-31)29-35-34-28-27-32-21-19-30(20-22-32)17-15-13-10-8-6-4-2/h19-26H,3-18,27-29H2,1-2H3. The molecule has 0 aliphatic rings. The molecule has 0 saturated carbocycles. The normalized spacial score (nSPS) is 11.3. The molecule has 0 saturated heterocycles. The van der Waals surface area contributed by atoms with Crippen LogP contribution in [0.25, 0.3) is 0 Å². The van der Waals surface area contributed by atoms with E-state index in [1.165, 1.54) is 125 Å². The van der Waals surface area contributed by atoms with Gasteiger partial charge in [-0.15, -0.1) is 0 Å². The molecule has 2 heteroatoms. The van der Waals surface area contributed by atoms with E-state index in [1.807, 2.05) is 0 Å². The molecular weight excluding hydrogens is 428 g/mol. The Morgan fingerprint density at radius 2 is 0.771 bits per heavy atom. The monoisotopic (exact) mass is 480 g/mol. The first-order valence-electron chi connectivity index (χ1n) is 14.7. The SMILES string of the molecule is CCCCCCCCCCc1ccc(COOCCc2ccc(CCCCCCCC)cc2)cc1. The fraction of sp³-hybridized carbons (Fsp3) is 0.636. The Morgan fingerprint density at radius 1 is 0.400 bits per heavy atom. The Kier molecular flexibility index (Phi) is 17.4. The van der Waals surface area contributed by atoms with Gasteiger partial charge in [0.2, 0.25) is 0 Å². The highest BCUT2D eigenvalue weighted by molar-refractivity contribution is 5.23. The second-order valence-corrected chi connectivity index (χ2v) is 10.2. The van der Waals surface area contributed by atoms with Crippen LogP contribution >= 0.6 is 0 Å².